The molecule has 4 atom stereocenters. The second-order valence-corrected chi connectivity index (χ2v) is 7.45. The number of carbonyl (C=O) groups excluding carboxylic acids is 1. The van der Waals surface area contributed by atoms with Crippen molar-refractivity contribution in [3.05, 3.63) is 0 Å². The summed E-state index contributed by atoms with van der Waals surface area (Å²) < 4.78 is 5.37. The van der Waals surface area contributed by atoms with Crippen LogP contribution in [0.25, 0.3) is 0 Å². The number of hydrogen-bond donors (Lipinski definition) is 2. The van der Waals surface area contributed by atoms with Gasteiger partial charge in [0, 0.05) is 13.2 Å². The van der Waals surface area contributed by atoms with E-state index in [2.05, 4.69) is 10.6 Å². The standard InChI is InChI=1S/C16H26N2O2/c1-20-9-16(4-6-17-7-5-16)15(19)18-14-12-10-2-3-11(8-10)13(12)14/h10-14,17H,2-9H2,1H3,(H,18,19). The highest BCUT2D eigenvalue weighted by molar-refractivity contribution is 5.83. The summed E-state index contributed by atoms with van der Waals surface area (Å²) in [6.07, 6.45) is 6.06. The maximum absolute atomic E-state index is 12.8. The smallest absolute Gasteiger partial charge is 0.228 e. The van der Waals surface area contributed by atoms with E-state index in [0.717, 1.165) is 49.6 Å². The Hall–Kier alpha value is -0.610. The molecule has 1 amide bonds. The van der Waals surface area contributed by atoms with Gasteiger partial charge in [0.15, 0.2) is 0 Å². The van der Waals surface area contributed by atoms with Crippen LogP contribution in [0.4, 0.5) is 0 Å². The predicted octanol–water partition coefficient (Wildman–Crippen LogP) is 1.16. The molecular weight excluding hydrogens is 252 g/mol. The van der Waals surface area contributed by atoms with E-state index in [1.165, 1.54) is 19.3 Å². The summed E-state index contributed by atoms with van der Waals surface area (Å²) in [5, 5.41) is 6.76. The molecule has 4 heteroatoms. The molecule has 2 bridgehead atoms. The second kappa shape index (κ2) is 4.70. The Kier molecular flexibility index (Phi) is 3.08. The van der Waals surface area contributed by atoms with Crippen molar-refractivity contribution in [3.8, 4) is 0 Å². The van der Waals surface area contributed by atoms with Gasteiger partial charge in [0.25, 0.3) is 0 Å². The van der Waals surface area contributed by atoms with E-state index in [9.17, 15) is 4.79 Å². The Balaban J connectivity index is 1.42. The lowest BCUT2D eigenvalue weighted by molar-refractivity contribution is -0.136. The lowest BCUT2D eigenvalue weighted by Gasteiger charge is -2.35. The largest absolute Gasteiger partial charge is 0.384 e. The minimum Gasteiger partial charge on any atom is -0.384 e. The van der Waals surface area contributed by atoms with E-state index < -0.39 is 0 Å². The Morgan fingerprint density at radius 1 is 1.25 bits per heavy atom. The average Bonchev–Trinajstić information content (AvgIpc) is 2.85. The molecule has 0 radical (unpaired) electrons. The number of rotatable bonds is 4. The molecule has 20 heavy (non-hydrogen) atoms. The summed E-state index contributed by atoms with van der Waals surface area (Å²) in [6, 6.07) is 0.498. The Bertz CT molecular complexity index is 384. The molecular formula is C16H26N2O2. The zero-order valence-electron chi connectivity index (χ0n) is 12.4. The molecule has 112 valence electrons. The number of nitrogens with one attached hydrogen (secondary N) is 2. The number of fused-ring (bicyclic) bond motifs is 5. The SMILES string of the molecule is COCC1(C(=O)NC2C3C4CCC(C4)C23)CCNCC1. The third kappa shape index (κ3) is 1.84. The van der Waals surface area contributed by atoms with Crippen molar-refractivity contribution in [2.45, 2.75) is 38.1 Å². The molecule has 4 unspecified atom stereocenters. The van der Waals surface area contributed by atoms with Crippen LogP contribution in [0.2, 0.25) is 0 Å². The zero-order valence-corrected chi connectivity index (χ0v) is 12.4. The summed E-state index contributed by atoms with van der Waals surface area (Å²) in [4.78, 5) is 12.8. The van der Waals surface area contributed by atoms with Gasteiger partial charge in [-0.2, -0.15) is 0 Å². The highest BCUT2D eigenvalue weighted by Crippen LogP contribution is 2.65. The molecule has 0 aromatic heterocycles. The first-order chi connectivity index (χ1) is 9.75. The van der Waals surface area contributed by atoms with Gasteiger partial charge in [-0.1, -0.05) is 0 Å². The van der Waals surface area contributed by atoms with Crippen LogP contribution in [0.15, 0.2) is 0 Å². The quantitative estimate of drug-likeness (QED) is 0.811. The van der Waals surface area contributed by atoms with Gasteiger partial charge in [-0.3, -0.25) is 4.79 Å². The molecule has 0 aromatic carbocycles. The van der Waals surface area contributed by atoms with Gasteiger partial charge in [0.1, 0.15) is 0 Å². The fourth-order valence-electron chi connectivity index (χ4n) is 5.44. The van der Waals surface area contributed by atoms with Gasteiger partial charge in [0.05, 0.1) is 12.0 Å². The lowest BCUT2D eigenvalue weighted by atomic mass is 9.78. The molecule has 4 fully saturated rings. The summed E-state index contributed by atoms with van der Waals surface area (Å²) in [5.41, 5.74) is -0.282. The topological polar surface area (TPSA) is 50.4 Å². The van der Waals surface area contributed by atoms with E-state index in [4.69, 9.17) is 4.74 Å². The monoisotopic (exact) mass is 278 g/mol. The van der Waals surface area contributed by atoms with Crippen molar-refractivity contribution < 1.29 is 9.53 Å². The molecule has 4 aliphatic rings. The van der Waals surface area contributed by atoms with E-state index >= 15 is 0 Å². The third-order valence-corrected chi connectivity index (χ3v) is 6.50. The van der Waals surface area contributed by atoms with Gasteiger partial charge in [0.2, 0.25) is 5.91 Å². The Labute approximate surface area is 121 Å². The number of hydrogen-bond acceptors (Lipinski definition) is 3. The lowest BCUT2D eigenvalue weighted by Crippen LogP contribution is -2.51. The molecule has 0 spiro atoms. The number of piperidine rings is 1. The van der Waals surface area contributed by atoms with E-state index in [0.29, 0.717) is 12.6 Å². The van der Waals surface area contributed by atoms with Gasteiger partial charge >= 0.3 is 0 Å². The number of amides is 1. The summed E-state index contributed by atoms with van der Waals surface area (Å²) in [6.45, 7) is 2.43. The van der Waals surface area contributed by atoms with Crippen LogP contribution in [-0.4, -0.2) is 38.8 Å². The van der Waals surface area contributed by atoms with Gasteiger partial charge < -0.3 is 15.4 Å². The first-order valence-electron chi connectivity index (χ1n) is 8.26. The van der Waals surface area contributed by atoms with E-state index in [1.54, 1.807) is 7.11 Å². The summed E-state index contributed by atoms with van der Waals surface area (Å²) in [7, 11) is 1.71. The van der Waals surface area contributed by atoms with Crippen molar-refractivity contribution in [3.63, 3.8) is 0 Å². The first-order valence-corrected chi connectivity index (χ1v) is 8.26. The molecule has 0 aromatic rings. The first kappa shape index (κ1) is 13.1. The normalized spacial score (nSPS) is 44.1. The molecule has 4 rings (SSSR count). The fourth-order valence-corrected chi connectivity index (χ4v) is 5.44. The molecule has 3 aliphatic carbocycles. The zero-order chi connectivity index (χ0) is 13.7. The van der Waals surface area contributed by atoms with Crippen molar-refractivity contribution in [1.82, 2.24) is 10.6 Å². The number of carbonyl (C=O) groups is 1. The van der Waals surface area contributed by atoms with E-state index in [1.807, 2.05) is 0 Å². The van der Waals surface area contributed by atoms with Crippen molar-refractivity contribution in [2.75, 3.05) is 26.8 Å². The second-order valence-electron chi connectivity index (χ2n) is 7.45. The molecule has 2 N–H and O–H groups in total. The van der Waals surface area contributed by atoms with Crippen LogP contribution in [0.1, 0.15) is 32.1 Å². The molecule has 4 nitrogen and oxygen atoms in total. The number of methoxy groups -OCH3 is 1. The highest BCUT2D eigenvalue weighted by Gasteiger charge is 2.65. The van der Waals surface area contributed by atoms with Crippen molar-refractivity contribution in [1.29, 1.82) is 0 Å². The summed E-state index contributed by atoms with van der Waals surface area (Å²) in [5.74, 6) is 3.74. The minimum atomic E-state index is -0.282. The average molecular weight is 278 g/mol. The van der Waals surface area contributed by atoms with Crippen LogP contribution in [0.3, 0.4) is 0 Å². The van der Waals surface area contributed by atoms with Crippen LogP contribution in [-0.2, 0) is 9.53 Å². The van der Waals surface area contributed by atoms with Crippen LogP contribution in [0, 0.1) is 29.1 Å². The summed E-state index contributed by atoms with van der Waals surface area (Å²) >= 11 is 0. The van der Waals surface area contributed by atoms with Crippen LogP contribution >= 0.6 is 0 Å². The molecule has 1 saturated heterocycles. The van der Waals surface area contributed by atoms with Crippen molar-refractivity contribution in [2.24, 2.45) is 29.1 Å². The number of ether oxygens (including phenoxy) is 1. The minimum absolute atomic E-state index is 0.264. The molecule has 3 saturated carbocycles. The highest BCUT2D eigenvalue weighted by atomic mass is 16.5. The predicted molar refractivity (Wildman–Crippen MR) is 76.2 cm³/mol. The van der Waals surface area contributed by atoms with Gasteiger partial charge in [-0.05, 0) is 68.9 Å². The molecule has 1 aliphatic heterocycles. The fraction of sp³-hybridized carbons (Fsp3) is 0.938. The van der Waals surface area contributed by atoms with E-state index in [-0.39, 0.29) is 11.3 Å². The van der Waals surface area contributed by atoms with Gasteiger partial charge in [-0.25, -0.2) is 0 Å². The van der Waals surface area contributed by atoms with Crippen LogP contribution in [0.5, 0.6) is 0 Å². The maximum Gasteiger partial charge on any atom is 0.228 e. The third-order valence-electron chi connectivity index (χ3n) is 6.50. The Morgan fingerprint density at radius 3 is 2.50 bits per heavy atom. The Morgan fingerprint density at radius 2 is 1.90 bits per heavy atom. The van der Waals surface area contributed by atoms with Gasteiger partial charge in [-0.15, -0.1) is 0 Å². The molecule has 1 heterocycles. The van der Waals surface area contributed by atoms with Crippen molar-refractivity contribution >= 4 is 5.91 Å². The van der Waals surface area contributed by atoms with Crippen LogP contribution < -0.4 is 10.6 Å². The maximum atomic E-state index is 12.8.